The summed E-state index contributed by atoms with van der Waals surface area (Å²) in [4.78, 5) is 60.1. The highest BCUT2D eigenvalue weighted by Crippen LogP contribution is 2.34. The fourth-order valence-electron chi connectivity index (χ4n) is 11.0. The van der Waals surface area contributed by atoms with Crippen LogP contribution in [-0.4, -0.2) is 205 Å². The monoisotopic (exact) mass is 1030 g/mol. The third-order valence-corrected chi connectivity index (χ3v) is 15.0. The van der Waals surface area contributed by atoms with Gasteiger partial charge in [0.15, 0.2) is 0 Å². The average Bonchev–Trinajstić information content (AvgIpc) is 4.03. The van der Waals surface area contributed by atoms with E-state index in [-0.39, 0.29) is 27.3 Å². The Morgan fingerprint density at radius 3 is 1.45 bits per heavy atom. The van der Waals surface area contributed by atoms with Crippen LogP contribution in [0.4, 0.5) is 27.8 Å². The lowest BCUT2D eigenvalue weighted by molar-refractivity contribution is -0.384. The number of non-ortho nitro benzene ring substituents is 2. The number of nitrogens with zero attached hydrogens (tertiary/aromatic N) is 13. The molecule has 22 heteroatoms. The summed E-state index contributed by atoms with van der Waals surface area (Å²) in [5.41, 5.74) is 4.31. The number of carbonyl (C=O) groups excluding carboxylic acids is 1. The van der Waals surface area contributed by atoms with Gasteiger partial charge in [-0.3, -0.25) is 50.0 Å². The molecule has 4 aromatic heterocycles. The molecule has 0 aliphatic carbocycles. The molecule has 400 valence electrons. The zero-order valence-corrected chi connectivity index (χ0v) is 44.3. The van der Waals surface area contributed by atoms with Gasteiger partial charge in [0.05, 0.1) is 20.9 Å². The number of piperazine rings is 4. The molecule has 4 fully saturated rings. The third kappa shape index (κ3) is 12.6. The third-order valence-electron chi connectivity index (χ3n) is 15.0. The van der Waals surface area contributed by atoms with E-state index in [0.29, 0.717) is 48.6 Å². The van der Waals surface area contributed by atoms with E-state index in [1.54, 1.807) is 41.6 Å². The van der Waals surface area contributed by atoms with E-state index in [0.717, 1.165) is 136 Å². The summed E-state index contributed by atoms with van der Waals surface area (Å²) < 4.78 is 5.52. The van der Waals surface area contributed by atoms with Gasteiger partial charge in [-0.05, 0) is 84.9 Å². The van der Waals surface area contributed by atoms with Gasteiger partial charge in [-0.15, -0.1) is 0 Å². The standard InChI is InChI=1S/C29H40N8O4.C24H32N8O2/c1-20-18-35(19-21(2)36(20)15-12-33-10-13-34(14-11-33)28(38)41-29(3,4)5)26-16-22(8-9-30-26)27-24-17-23(37(39)40)6-7-25(24)31-32-27;1-17-15-30(16-18(2)31(17)12-11-29-9-7-25-8-10-29)23-13-19(5-6-26-23)24-21-14-20(32(33)34)3-4-22(21)27-28-24/h6-9,16-17,20-21H,10-15,18-19H2,1-5H3,(H,31,32);3-6,13-14,17-18,25H,7-12,15-16H2,1-2H3,(H,27,28)/t20-,21+;17-,18+. The van der Waals surface area contributed by atoms with Crippen LogP contribution in [0.15, 0.2) is 73.1 Å². The Kier molecular flexibility index (Phi) is 16.2. The Balaban J connectivity index is 0.000000187. The Morgan fingerprint density at radius 2 is 1.04 bits per heavy atom. The zero-order valence-electron chi connectivity index (χ0n) is 44.3. The molecule has 75 heavy (non-hydrogen) atoms. The van der Waals surface area contributed by atoms with E-state index in [1.807, 2.05) is 45.0 Å². The Bertz CT molecular complexity index is 2920. The summed E-state index contributed by atoms with van der Waals surface area (Å²) in [6.45, 7) is 29.9. The van der Waals surface area contributed by atoms with Crippen LogP contribution < -0.4 is 15.1 Å². The summed E-state index contributed by atoms with van der Waals surface area (Å²) in [7, 11) is 0. The van der Waals surface area contributed by atoms with Crippen molar-refractivity contribution in [3.63, 3.8) is 0 Å². The van der Waals surface area contributed by atoms with Gasteiger partial charge in [0.25, 0.3) is 11.4 Å². The number of aromatic nitrogens is 6. The molecule has 1 amide bonds. The summed E-state index contributed by atoms with van der Waals surface area (Å²) in [5, 5.41) is 42.3. The fourth-order valence-corrected chi connectivity index (χ4v) is 11.0. The van der Waals surface area contributed by atoms with E-state index in [9.17, 15) is 25.0 Å². The molecule has 0 radical (unpaired) electrons. The molecule has 6 aromatic rings. The largest absolute Gasteiger partial charge is 0.444 e. The SMILES string of the molecule is C[C@@H]1CN(c2cc(-c3n[nH]c4ccc([N+](=O)[O-])cc34)ccn2)C[C@H](C)N1CCN1CCN(C(=O)OC(C)(C)C)CC1.C[C@@H]1CN(c2cc(-c3n[nH]c4ccc([N+](=O)[O-])cc34)ccn2)C[C@H](C)N1CCN1CCNCC1. The summed E-state index contributed by atoms with van der Waals surface area (Å²) in [6, 6.07) is 18.9. The number of ether oxygens (including phenoxy) is 1. The highest BCUT2D eigenvalue weighted by Gasteiger charge is 2.33. The van der Waals surface area contributed by atoms with Gasteiger partial charge in [0.1, 0.15) is 28.6 Å². The molecule has 0 spiro atoms. The molecule has 4 aliphatic heterocycles. The van der Waals surface area contributed by atoms with Crippen LogP contribution in [0.5, 0.6) is 0 Å². The van der Waals surface area contributed by atoms with Gasteiger partial charge in [0, 0.05) is 187 Å². The highest BCUT2D eigenvalue weighted by molar-refractivity contribution is 5.95. The highest BCUT2D eigenvalue weighted by atomic mass is 16.6. The molecule has 0 bridgehead atoms. The van der Waals surface area contributed by atoms with Crippen LogP contribution in [0.25, 0.3) is 44.3 Å². The van der Waals surface area contributed by atoms with Gasteiger partial charge in [-0.2, -0.15) is 10.2 Å². The minimum absolute atomic E-state index is 0.0399. The van der Waals surface area contributed by atoms with Crippen molar-refractivity contribution in [2.75, 3.05) is 115 Å². The molecule has 3 N–H and O–H groups in total. The van der Waals surface area contributed by atoms with Crippen LogP contribution >= 0.6 is 0 Å². The molecule has 0 saturated carbocycles. The predicted octanol–water partition coefficient (Wildman–Crippen LogP) is 6.32. The van der Waals surface area contributed by atoms with Crippen molar-refractivity contribution in [1.29, 1.82) is 0 Å². The number of aromatic amines is 2. The lowest BCUT2D eigenvalue weighted by atomic mass is 10.1. The number of rotatable bonds is 12. The maximum Gasteiger partial charge on any atom is 0.410 e. The van der Waals surface area contributed by atoms with E-state index >= 15 is 0 Å². The zero-order chi connectivity index (χ0) is 53.0. The van der Waals surface area contributed by atoms with Crippen LogP contribution in [0.2, 0.25) is 0 Å². The van der Waals surface area contributed by atoms with Crippen molar-refractivity contribution in [3.05, 3.63) is 93.3 Å². The second-order valence-electron chi connectivity index (χ2n) is 21.5. The number of benzene rings is 2. The van der Waals surface area contributed by atoms with Crippen LogP contribution in [0.1, 0.15) is 48.5 Å². The number of anilines is 2. The maximum absolute atomic E-state index is 12.4. The molecular formula is C53H72N16O6. The fraction of sp³-hybridized carbons (Fsp3) is 0.528. The van der Waals surface area contributed by atoms with Crippen molar-refractivity contribution >= 4 is 50.9 Å². The second-order valence-corrected chi connectivity index (χ2v) is 21.5. The minimum Gasteiger partial charge on any atom is -0.444 e. The van der Waals surface area contributed by atoms with Crippen molar-refractivity contribution in [3.8, 4) is 22.5 Å². The summed E-state index contributed by atoms with van der Waals surface area (Å²) in [6.07, 6.45) is 3.35. The average molecular weight is 1030 g/mol. The molecule has 10 rings (SSSR count). The van der Waals surface area contributed by atoms with Gasteiger partial charge < -0.3 is 24.8 Å². The van der Waals surface area contributed by atoms with E-state index in [1.165, 1.54) is 12.1 Å². The first-order valence-corrected chi connectivity index (χ1v) is 26.3. The quantitative estimate of drug-likeness (QED) is 0.0899. The van der Waals surface area contributed by atoms with Crippen molar-refractivity contribution in [1.82, 2.24) is 60.2 Å². The number of hydrogen-bond acceptors (Lipinski definition) is 17. The molecular weight excluding hydrogens is 957 g/mol. The number of pyridine rings is 2. The molecule has 8 heterocycles. The maximum atomic E-state index is 12.4. The number of hydrogen-bond donors (Lipinski definition) is 3. The second kappa shape index (κ2) is 23.0. The van der Waals surface area contributed by atoms with Gasteiger partial charge >= 0.3 is 6.09 Å². The van der Waals surface area contributed by atoms with E-state index in [2.05, 4.69) is 92.8 Å². The molecule has 4 saturated heterocycles. The molecule has 4 atom stereocenters. The Labute approximate surface area is 437 Å². The first-order chi connectivity index (χ1) is 36.0. The number of amides is 1. The number of carbonyl (C=O) groups is 1. The van der Waals surface area contributed by atoms with Gasteiger partial charge in [-0.25, -0.2) is 14.8 Å². The van der Waals surface area contributed by atoms with Crippen LogP contribution in [0, 0.1) is 20.2 Å². The van der Waals surface area contributed by atoms with E-state index in [4.69, 9.17) is 4.74 Å². The Morgan fingerprint density at radius 1 is 0.613 bits per heavy atom. The Hall–Kier alpha value is -6.85. The normalized spacial score (nSPS) is 21.6. The molecule has 2 aromatic carbocycles. The van der Waals surface area contributed by atoms with Crippen LogP contribution in [-0.2, 0) is 4.74 Å². The molecule has 4 aliphatic rings. The predicted molar refractivity (Wildman–Crippen MR) is 291 cm³/mol. The first-order valence-electron chi connectivity index (χ1n) is 26.3. The minimum atomic E-state index is -0.476. The smallest absolute Gasteiger partial charge is 0.410 e. The lowest BCUT2D eigenvalue weighted by Crippen LogP contribution is -2.59. The number of fused-ring (bicyclic) bond motifs is 2. The molecule has 0 unspecified atom stereocenters. The van der Waals surface area contributed by atoms with Gasteiger partial charge in [-0.1, -0.05) is 0 Å². The van der Waals surface area contributed by atoms with Crippen molar-refractivity contribution in [2.24, 2.45) is 0 Å². The summed E-state index contributed by atoms with van der Waals surface area (Å²) in [5.74, 6) is 1.79. The molecule has 22 nitrogen and oxygen atoms in total. The summed E-state index contributed by atoms with van der Waals surface area (Å²) >= 11 is 0. The van der Waals surface area contributed by atoms with Crippen molar-refractivity contribution in [2.45, 2.75) is 78.2 Å². The van der Waals surface area contributed by atoms with Crippen LogP contribution in [0.3, 0.4) is 0 Å². The van der Waals surface area contributed by atoms with E-state index < -0.39 is 5.60 Å². The van der Waals surface area contributed by atoms with Crippen molar-refractivity contribution < 1.29 is 19.4 Å². The first kappa shape index (κ1) is 53.0. The number of nitro benzene ring substituents is 2. The number of H-pyrrole nitrogens is 2. The van der Waals surface area contributed by atoms with Gasteiger partial charge in [0.2, 0.25) is 0 Å². The number of nitrogens with one attached hydrogen (secondary N) is 3. The number of nitro groups is 2. The topological polar surface area (TPSA) is 230 Å². The lowest BCUT2D eigenvalue weighted by Gasteiger charge is -2.46.